The molecule has 0 aliphatic rings. The number of nitrogens with one attached hydrogen (secondary N) is 1. The van der Waals surface area contributed by atoms with Crippen molar-refractivity contribution in [2.24, 2.45) is 0 Å². The van der Waals surface area contributed by atoms with Gasteiger partial charge in [-0.1, -0.05) is 6.92 Å². The molecular formula is C8H11N3O2. The Balaban J connectivity index is 2.81. The third-order valence-electron chi connectivity index (χ3n) is 1.46. The van der Waals surface area contributed by atoms with Gasteiger partial charge in [-0.25, -0.2) is 4.98 Å². The summed E-state index contributed by atoms with van der Waals surface area (Å²) in [6.45, 7) is 1.77. The first-order chi connectivity index (χ1) is 6.27. The molecule has 1 rings (SSSR count). The highest BCUT2D eigenvalue weighted by atomic mass is 16.5. The van der Waals surface area contributed by atoms with Crippen molar-refractivity contribution < 1.29 is 9.53 Å². The van der Waals surface area contributed by atoms with Crippen LogP contribution in [0.25, 0.3) is 0 Å². The maximum atomic E-state index is 11.0. The lowest BCUT2D eigenvalue weighted by atomic mass is 10.4. The van der Waals surface area contributed by atoms with Crippen molar-refractivity contribution in [2.75, 3.05) is 12.4 Å². The molecule has 1 N–H and O–H groups in total. The summed E-state index contributed by atoms with van der Waals surface area (Å²) in [5, 5.41) is 2.62. The normalized spacial score (nSPS) is 9.38. The SMILES string of the molecule is CCC(=O)Nc1cncnc1OC. The maximum absolute atomic E-state index is 11.0. The minimum absolute atomic E-state index is 0.0897. The van der Waals surface area contributed by atoms with Gasteiger partial charge in [0.15, 0.2) is 0 Å². The van der Waals surface area contributed by atoms with Gasteiger partial charge in [0, 0.05) is 6.42 Å². The molecule has 5 heteroatoms. The van der Waals surface area contributed by atoms with Gasteiger partial charge in [0.1, 0.15) is 12.0 Å². The van der Waals surface area contributed by atoms with Crippen molar-refractivity contribution in [1.29, 1.82) is 0 Å². The molecule has 1 heterocycles. The summed E-state index contributed by atoms with van der Waals surface area (Å²) in [4.78, 5) is 18.6. The fraction of sp³-hybridized carbons (Fsp3) is 0.375. The molecule has 5 nitrogen and oxygen atoms in total. The third kappa shape index (κ3) is 2.40. The molecule has 0 unspecified atom stereocenters. The minimum Gasteiger partial charge on any atom is -0.479 e. The summed E-state index contributed by atoms with van der Waals surface area (Å²) in [6.07, 6.45) is 3.28. The van der Waals surface area contributed by atoms with Crippen LogP contribution >= 0.6 is 0 Å². The molecule has 0 atom stereocenters. The number of aromatic nitrogens is 2. The topological polar surface area (TPSA) is 64.1 Å². The highest BCUT2D eigenvalue weighted by Crippen LogP contribution is 2.18. The Morgan fingerprint density at radius 1 is 1.69 bits per heavy atom. The van der Waals surface area contributed by atoms with Crippen LogP contribution in [0.1, 0.15) is 13.3 Å². The lowest BCUT2D eigenvalue weighted by Gasteiger charge is -2.06. The van der Waals surface area contributed by atoms with Crippen molar-refractivity contribution in [2.45, 2.75) is 13.3 Å². The third-order valence-corrected chi connectivity index (χ3v) is 1.46. The first-order valence-electron chi connectivity index (χ1n) is 3.91. The Kier molecular flexibility index (Phi) is 3.19. The monoisotopic (exact) mass is 181 g/mol. The largest absolute Gasteiger partial charge is 0.479 e. The predicted molar refractivity (Wildman–Crippen MR) is 47.5 cm³/mol. The molecule has 0 aliphatic carbocycles. The van der Waals surface area contributed by atoms with Crippen molar-refractivity contribution in [1.82, 2.24) is 9.97 Å². The summed E-state index contributed by atoms with van der Waals surface area (Å²) in [7, 11) is 1.49. The molecule has 0 fully saturated rings. The van der Waals surface area contributed by atoms with E-state index >= 15 is 0 Å². The molecule has 1 aromatic rings. The Morgan fingerprint density at radius 3 is 3.08 bits per heavy atom. The predicted octanol–water partition coefficient (Wildman–Crippen LogP) is 0.834. The molecule has 0 spiro atoms. The lowest BCUT2D eigenvalue weighted by Crippen LogP contribution is -2.11. The molecule has 0 aromatic carbocycles. The van der Waals surface area contributed by atoms with Gasteiger partial charge < -0.3 is 10.1 Å². The number of ether oxygens (including phenoxy) is 1. The van der Waals surface area contributed by atoms with Gasteiger partial charge in [-0.05, 0) is 0 Å². The molecule has 0 saturated heterocycles. The van der Waals surface area contributed by atoms with Crippen molar-refractivity contribution in [3.05, 3.63) is 12.5 Å². The molecule has 0 radical (unpaired) electrons. The van der Waals surface area contributed by atoms with E-state index in [1.54, 1.807) is 6.92 Å². The number of amides is 1. The zero-order chi connectivity index (χ0) is 9.68. The molecule has 0 bridgehead atoms. The summed E-state index contributed by atoms with van der Waals surface area (Å²) in [5.74, 6) is 0.282. The smallest absolute Gasteiger partial charge is 0.240 e. The van der Waals surface area contributed by atoms with Crippen LogP contribution in [0.5, 0.6) is 5.88 Å². The second kappa shape index (κ2) is 4.39. The zero-order valence-electron chi connectivity index (χ0n) is 7.57. The summed E-state index contributed by atoms with van der Waals surface area (Å²) >= 11 is 0. The number of nitrogens with zero attached hydrogens (tertiary/aromatic N) is 2. The number of hydrogen-bond donors (Lipinski definition) is 1. The van der Waals surface area contributed by atoms with Crippen LogP contribution in [0.2, 0.25) is 0 Å². The summed E-state index contributed by atoms with van der Waals surface area (Å²) < 4.78 is 4.92. The molecule has 0 aliphatic heterocycles. The highest BCUT2D eigenvalue weighted by molar-refractivity contribution is 5.91. The fourth-order valence-electron chi connectivity index (χ4n) is 0.805. The standard InChI is InChI=1S/C8H11N3O2/c1-3-7(12)11-6-4-9-5-10-8(6)13-2/h4-5H,3H2,1-2H3,(H,11,12). The lowest BCUT2D eigenvalue weighted by molar-refractivity contribution is -0.115. The quantitative estimate of drug-likeness (QED) is 0.750. The Bertz CT molecular complexity index is 301. The van der Waals surface area contributed by atoms with Crippen LogP contribution in [-0.2, 0) is 4.79 Å². The number of methoxy groups -OCH3 is 1. The van der Waals surface area contributed by atoms with Crippen LogP contribution in [0, 0.1) is 0 Å². The molecule has 1 amide bonds. The van der Waals surface area contributed by atoms with Gasteiger partial charge in [-0.15, -0.1) is 0 Å². The molecular weight excluding hydrogens is 170 g/mol. The Labute approximate surface area is 76.2 Å². The van der Waals surface area contributed by atoms with E-state index in [-0.39, 0.29) is 5.91 Å². The van der Waals surface area contributed by atoms with E-state index in [1.165, 1.54) is 19.6 Å². The van der Waals surface area contributed by atoms with E-state index in [9.17, 15) is 4.79 Å². The average molecular weight is 181 g/mol. The second-order valence-electron chi connectivity index (χ2n) is 2.35. The van der Waals surface area contributed by atoms with E-state index in [2.05, 4.69) is 15.3 Å². The number of carbonyl (C=O) groups is 1. The average Bonchev–Trinajstić information content (AvgIpc) is 2.18. The fourth-order valence-corrected chi connectivity index (χ4v) is 0.805. The van der Waals surface area contributed by atoms with Crippen molar-refractivity contribution in [3.8, 4) is 5.88 Å². The summed E-state index contributed by atoms with van der Waals surface area (Å²) in [6, 6.07) is 0. The molecule has 13 heavy (non-hydrogen) atoms. The number of anilines is 1. The van der Waals surface area contributed by atoms with Gasteiger partial charge >= 0.3 is 0 Å². The maximum Gasteiger partial charge on any atom is 0.240 e. The van der Waals surface area contributed by atoms with E-state index in [0.717, 1.165) is 0 Å². The number of carbonyl (C=O) groups excluding carboxylic acids is 1. The van der Waals surface area contributed by atoms with Crippen LogP contribution in [0.4, 0.5) is 5.69 Å². The first-order valence-corrected chi connectivity index (χ1v) is 3.91. The second-order valence-corrected chi connectivity index (χ2v) is 2.35. The van der Waals surface area contributed by atoms with Crippen LogP contribution in [0.3, 0.4) is 0 Å². The number of rotatable bonds is 3. The van der Waals surface area contributed by atoms with E-state index in [1.807, 2.05) is 0 Å². The number of hydrogen-bond acceptors (Lipinski definition) is 4. The van der Waals surface area contributed by atoms with Crippen molar-refractivity contribution >= 4 is 11.6 Å². The van der Waals surface area contributed by atoms with E-state index in [0.29, 0.717) is 18.0 Å². The van der Waals surface area contributed by atoms with E-state index < -0.39 is 0 Å². The molecule has 70 valence electrons. The van der Waals surface area contributed by atoms with Gasteiger partial charge in [0.25, 0.3) is 0 Å². The zero-order valence-corrected chi connectivity index (χ0v) is 7.57. The van der Waals surface area contributed by atoms with Crippen LogP contribution < -0.4 is 10.1 Å². The van der Waals surface area contributed by atoms with Gasteiger partial charge in [0.05, 0.1) is 13.3 Å². The minimum atomic E-state index is -0.0897. The Hall–Kier alpha value is -1.65. The van der Waals surface area contributed by atoms with Crippen LogP contribution in [-0.4, -0.2) is 23.0 Å². The van der Waals surface area contributed by atoms with Gasteiger partial charge in [-0.2, -0.15) is 4.98 Å². The summed E-state index contributed by atoms with van der Waals surface area (Å²) in [5.41, 5.74) is 0.497. The van der Waals surface area contributed by atoms with E-state index in [4.69, 9.17) is 4.74 Å². The van der Waals surface area contributed by atoms with Gasteiger partial charge in [0.2, 0.25) is 11.8 Å². The first kappa shape index (κ1) is 9.44. The van der Waals surface area contributed by atoms with Gasteiger partial charge in [-0.3, -0.25) is 4.79 Å². The molecule has 0 saturated carbocycles. The van der Waals surface area contributed by atoms with Crippen LogP contribution in [0.15, 0.2) is 12.5 Å². The highest BCUT2D eigenvalue weighted by Gasteiger charge is 2.05. The Morgan fingerprint density at radius 2 is 2.46 bits per heavy atom. The molecule has 1 aromatic heterocycles. The van der Waals surface area contributed by atoms with Crippen molar-refractivity contribution in [3.63, 3.8) is 0 Å².